The predicted molar refractivity (Wildman–Crippen MR) is 79.4 cm³/mol. The van der Waals surface area contributed by atoms with E-state index in [0.717, 1.165) is 16.4 Å². The molecule has 9 heteroatoms. The van der Waals surface area contributed by atoms with Gasteiger partial charge < -0.3 is 10.1 Å². The summed E-state index contributed by atoms with van der Waals surface area (Å²) in [6, 6.07) is 2.09. The molecule has 0 aliphatic carbocycles. The molecular formula is C14H18F2N2O4S. The SMILES string of the molecule is CN(C)S(=O)(=O)C[C@@H]1COC[C@@H]1NC(=O)c1ccc(F)cc1F. The second kappa shape index (κ2) is 6.90. The standard InChI is InChI=1S/C14H18F2N2O4S/c1-18(2)23(20,21)8-9-6-22-7-13(9)17-14(19)11-4-3-10(15)5-12(11)16/h3-5,9,13H,6-8H2,1-2H3,(H,17,19)/t9-,13-/m0/s1. The van der Waals surface area contributed by atoms with Crippen LogP contribution in [0.2, 0.25) is 0 Å². The highest BCUT2D eigenvalue weighted by Gasteiger charge is 2.34. The molecule has 1 amide bonds. The van der Waals surface area contributed by atoms with Gasteiger partial charge in [-0.2, -0.15) is 0 Å². The molecule has 6 nitrogen and oxygen atoms in total. The van der Waals surface area contributed by atoms with E-state index in [0.29, 0.717) is 6.07 Å². The molecule has 1 aromatic carbocycles. The lowest BCUT2D eigenvalue weighted by atomic mass is 10.1. The summed E-state index contributed by atoms with van der Waals surface area (Å²) in [5.41, 5.74) is -0.299. The first-order valence-electron chi connectivity index (χ1n) is 6.94. The molecule has 0 unspecified atom stereocenters. The van der Waals surface area contributed by atoms with Crippen molar-refractivity contribution in [2.24, 2.45) is 5.92 Å². The van der Waals surface area contributed by atoms with E-state index in [1.807, 2.05) is 0 Å². The molecule has 0 aromatic heterocycles. The van der Waals surface area contributed by atoms with Crippen molar-refractivity contribution in [2.45, 2.75) is 6.04 Å². The van der Waals surface area contributed by atoms with Crippen LogP contribution in [0.5, 0.6) is 0 Å². The topological polar surface area (TPSA) is 75.7 Å². The van der Waals surface area contributed by atoms with E-state index in [9.17, 15) is 22.0 Å². The highest BCUT2D eigenvalue weighted by Crippen LogP contribution is 2.18. The maximum atomic E-state index is 13.6. The zero-order valence-corrected chi connectivity index (χ0v) is 13.6. The van der Waals surface area contributed by atoms with Crippen molar-refractivity contribution in [3.63, 3.8) is 0 Å². The monoisotopic (exact) mass is 348 g/mol. The quantitative estimate of drug-likeness (QED) is 0.846. The van der Waals surface area contributed by atoms with Crippen molar-refractivity contribution in [3.05, 3.63) is 35.4 Å². The third-order valence-corrected chi connectivity index (χ3v) is 5.63. The van der Waals surface area contributed by atoms with Gasteiger partial charge in [0, 0.05) is 26.1 Å². The second-order valence-corrected chi connectivity index (χ2v) is 7.79. The molecule has 1 saturated heterocycles. The Morgan fingerprint density at radius 1 is 1.35 bits per heavy atom. The lowest BCUT2D eigenvalue weighted by Gasteiger charge is -2.21. The molecule has 0 radical (unpaired) electrons. The van der Waals surface area contributed by atoms with E-state index in [-0.39, 0.29) is 24.5 Å². The average Bonchev–Trinajstić information content (AvgIpc) is 2.84. The molecule has 2 rings (SSSR count). The fourth-order valence-corrected chi connectivity index (χ4v) is 3.43. The number of halogens is 2. The summed E-state index contributed by atoms with van der Waals surface area (Å²) >= 11 is 0. The molecule has 23 heavy (non-hydrogen) atoms. The third-order valence-electron chi connectivity index (χ3n) is 3.67. The number of sulfonamides is 1. The molecular weight excluding hydrogens is 330 g/mol. The van der Waals surface area contributed by atoms with Gasteiger partial charge in [0.25, 0.3) is 5.91 Å². The van der Waals surface area contributed by atoms with Crippen LogP contribution >= 0.6 is 0 Å². The molecule has 1 aliphatic rings. The number of nitrogens with zero attached hydrogens (tertiary/aromatic N) is 1. The Balaban J connectivity index is 2.08. The molecule has 0 spiro atoms. The van der Waals surface area contributed by atoms with Crippen LogP contribution in [0, 0.1) is 17.6 Å². The van der Waals surface area contributed by atoms with Gasteiger partial charge in [0.1, 0.15) is 11.6 Å². The number of nitrogens with one attached hydrogen (secondary N) is 1. The van der Waals surface area contributed by atoms with Crippen LogP contribution in [0.4, 0.5) is 8.78 Å². The van der Waals surface area contributed by atoms with Gasteiger partial charge in [0.2, 0.25) is 10.0 Å². The molecule has 1 fully saturated rings. The lowest BCUT2D eigenvalue weighted by molar-refractivity contribution is 0.0922. The van der Waals surface area contributed by atoms with Crippen molar-refractivity contribution in [1.82, 2.24) is 9.62 Å². The average molecular weight is 348 g/mol. The fraction of sp³-hybridized carbons (Fsp3) is 0.500. The van der Waals surface area contributed by atoms with Crippen molar-refractivity contribution in [2.75, 3.05) is 33.1 Å². The van der Waals surface area contributed by atoms with Crippen molar-refractivity contribution >= 4 is 15.9 Å². The first-order chi connectivity index (χ1) is 10.7. The van der Waals surface area contributed by atoms with Gasteiger partial charge in [0.15, 0.2) is 0 Å². The normalized spacial score (nSPS) is 21.6. The van der Waals surface area contributed by atoms with Crippen LogP contribution in [0.1, 0.15) is 10.4 Å². The predicted octanol–water partition coefficient (Wildman–Crippen LogP) is 0.601. The van der Waals surface area contributed by atoms with Crippen LogP contribution < -0.4 is 5.32 Å². The summed E-state index contributed by atoms with van der Waals surface area (Å²) in [5, 5.41) is 2.56. The number of rotatable bonds is 5. The maximum absolute atomic E-state index is 13.6. The van der Waals surface area contributed by atoms with E-state index >= 15 is 0 Å². The first kappa shape index (κ1) is 17.8. The van der Waals surface area contributed by atoms with Crippen LogP contribution in [0.3, 0.4) is 0 Å². The molecule has 128 valence electrons. The van der Waals surface area contributed by atoms with Gasteiger partial charge in [-0.15, -0.1) is 0 Å². The van der Waals surface area contributed by atoms with E-state index < -0.39 is 39.5 Å². The molecule has 0 bridgehead atoms. The number of carbonyl (C=O) groups excluding carboxylic acids is 1. The zero-order chi connectivity index (χ0) is 17.2. The van der Waals surface area contributed by atoms with Crippen molar-refractivity contribution in [1.29, 1.82) is 0 Å². The Bertz CT molecular complexity index is 694. The summed E-state index contributed by atoms with van der Waals surface area (Å²) in [4.78, 5) is 12.1. The van der Waals surface area contributed by atoms with E-state index in [2.05, 4.69) is 5.32 Å². The molecule has 1 heterocycles. The van der Waals surface area contributed by atoms with Crippen molar-refractivity contribution in [3.8, 4) is 0 Å². The number of amides is 1. The Morgan fingerprint density at radius 3 is 2.65 bits per heavy atom. The second-order valence-electron chi connectivity index (χ2n) is 5.56. The highest BCUT2D eigenvalue weighted by molar-refractivity contribution is 7.89. The Labute approximate surface area is 133 Å². The van der Waals surface area contributed by atoms with E-state index in [1.54, 1.807) is 0 Å². The summed E-state index contributed by atoms with van der Waals surface area (Å²) in [7, 11) is -0.604. The third kappa shape index (κ3) is 4.24. The number of carbonyl (C=O) groups is 1. The van der Waals surface area contributed by atoms with Crippen molar-refractivity contribution < 1.29 is 26.7 Å². The number of ether oxygens (including phenoxy) is 1. The van der Waals surface area contributed by atoms with Gasteiger partial charge in [-0.1, -0.05) is 0 Å². The van der Waals surface area contributed by atoms with Crippen LogP contribution in [0.25, 0.3) is 0 Å². The molecule has 2 atom stereocenters. The molecule has 1 aliphatic heterocycles. The zero-order valence-electron chi connectivity index (χ0n) is 12.8. The minimum atomic E-state index is -3.45. The van der Waals surface area contributed by atoms with Crippen LogP contribution in [0.15, 0.2) is 18.2 Å². The highest BCUT2D eigenvalue weighted by atomic mass is 32.2. The fourth-order valence-electron chi connectivity index (χ4n) is 2.26. The van der Waals surface area contributed by atoms with Gasteiger partial charge in [-0.25, -0.2) is 21.5 Å². The van der Waals surface area contributed by atoms with Gasteiger partial charge in [-0.05, 0) is 12.1 Å². The molecule has 0 saturated carbocycles. The Morgan fingerprint density at radius 2 is 2.04 bits per heavy atom. The summed E-state index contributed by atoms with van der Waals surface area (Å²) in [5.74, 6) is -3.10. The molecule has 1 aromatic rings. The Hall–Kier alpha value is -1.58. The number of hydrogen-bond donors (Lipinski definition) is 1. The van der Waals surface area contributed by atoms with E-state index in [4.69, 9.17) is 4.74 Å². The Kier molecular flexibility index (Phi) is 5.33. The van der Waals surface area contributed by atoms with Crippen LogP contribution in [-0.2, 0) is 14.8 Å². The van der Waals surface area contributed by atoms with Gasteiger partial charge in [0.05, 0.1) is 30.6 Å². The van der Waals surface area contributed by atoms with Gasteiger partial charge in [-0.3, -0.25) is 4.79 Å². The maximum Gasteiger partial charge on any atom is 0.254 e. The first-order valence-corrected chi connectivity index (χ1v) is 8.55. The van der Waals surface area contributed by atoms with Crippen LogP contribution in [-0.4, -0.2) is 57.7 Å². The minimum Gasteiger partial charge on any atom is -0.379 e. The smallest absolute Gasteiger partial charge is 0.254 e. The number of hydrogen-bond acceptors (Lipinski definition) is 4. The minimum absolute atomic E-state index is 0.141. The van der Waals surface area contributed by atoms with Gasteiger partial charge >= 0.3 is 0 Å². The summed E-state index contributed by atoms with van der Waals surface area (Å²) in [6.45, 7) is 0.325. The summed E-state index contributed by atoms with van der Waals surface area (Å²) in [6.07, 6.45) is 0. The molecule has 1 N–H and O–H groups in total. The summed E-state index contributed by atoms with van der Waals surface area (Å²) < 4.78 is 56.7. The largest absolute Gasteiger partial charge is 0.379 e. The lowest BCUT2D eigenvalue weighted by Crippen LogP contribution is -2.43. The van der Waals surface area contributed by atoms with E-state index in [1.165, 1.54) is 14.1 Å². The number of benzene rings is 1.